The average Bonchev–Trinajstić information content (AvgIpc) is 3.77. The predicted octanol–water partition coefficient (Wildman–Crippen LogP) is 17.9. The molecule has 0 N–H and O–H groups in total. The summed E-state index contributed by atoms with van der Waals surface area (Å²) in [5, 5.41) is 2.60. The Morgan fingerprint density at radius 1 is 0.271 bits per heavy atom. The Morgan fingerprint density at radius 3 is 1.01 bits per heavy atom. The largest absolute Gasteiger partial charge is 0.344 e. The molecule has 14 rings (SSSR count). The minimum atomic E-state index is -0.101. The quantitative estimate of drug-likeness (QED) is 0.165. The van der Waals surface area contributed by atoms with E-state index in [1.165, 1.54) is 100 Å². The van der Waals surface area contributed by atoms with Crippen molar-refractivity contribution in [3.8, 4) is 44.5 Å². The highest BCUT2D eigenvalue weighted by Crippen LogP contribution is 2.58. The van der Waals surface area contributed by atoms with Gasteiger partial charge in [-0.2, -0.15) is 0 Å². The van der Waals surface area contributed by atoms with Crippen LogP contribution in [0.1, 0.15) is 49.9 Å². The fourth-order valence-electron chi connectivity index (χ4n) is 12.8. The van der Waals surface area contributed by atoms with Crippen molar-refractivity contribution in [3.05, 3.63) is 229 Å². The lowest BCUT2D eigenvalue weighted by atomic mass is 9.82. The molecule has 0 bridgehead atoms. The topological polar surface area (TPSA) is 13.0 Å². The molecule has 10 aromatic rings. The van der Waals surface area contributed by atoms with E-state index in [4.69, 9.17) is 0 Å². The summed E-state index contributed by atoms with van der Waals surface area (Å²) in [4.78, 5) is 9.67. The van der Waals surface area contributed by atoms with Gasteiger partial charge in [0, 0.05) is 92.3 Å². The van der Waals surface area contributed by atoms with Crippen LogP contribution in [0.4, 0.5) is 56.9 Å². The second-order valence-corrected chi connectivity index (χ2v) is 20.7. The number of fused-ring (bicyclic) bond motifs is 10. The van der Waals surface area contributed by atoms with Crippen LogP contribution in [0.5, 0.6) is 0 Å². The van der Waals surface area contributed by atoms with Crippen molar-refractivity contribution >= 4 is 67.6 Å². The number of hydrogen-bond acceptors (Lipinski definition) is 4. The third-order valence-corrected chi connectivity index (χ3v) is 16.3. The first kappa shape index (κ1) is 40.7. The minimum Gasteiger partial charge on any atom is -0.344 e. The first-order valence-electron chi connectivity index (χ1n) is 24.6. The van der Waals surface area contributed by atoms with Crippen molar-refractivity contribution in [3.63, 3.8) is 0 Å². The molecule has 0 spiro atoms. The molecule has 0 radical (unpaired) electrons. The molecule has 2 aliphatic carbocycles. The Bertz CT molecular complexity index is 3580. The van der Waals surface area contributed by atoms with Gasteiger partial charge in [0.15, 0.2) is 0 Å². The summed E-state index contributed by atoms with van der Waals surface area (Å²) in [6.45, 7) is 9.44. The zero-order valence-corrected chi connectivity index (χ0v) is 40.4. The lowest BCUT2D eigenvalue weighted by Crippen LogP contribution is -2.20. The number of rotatable bonds is 6. The van der Waals surface area contributed by atoms with Gasteiger partial charge in [-0.15, -0.1) is 0 Å². The maximum absolute atomic E-state index is 2.42. The predicted molar refractivity (Wildman–Crippen MR) is 295 cm³/mol. The molecular weight excluding hydrogens is 849 g/mol. The Morgan fingerprint density at radius 2 is 0.600 bits per heavy atom. The Labute approximate surface area is 411 Å². The first-order chi connectivity index (χ1) is 34.1. The maximum Gasteiger partial charge on any atom is 0.0509 e. The second kappa shape index (κ2) is 14.6. The molecule has 0 amide bonds. The molecular formula is C66H52N4. The minimum absolute atomic E-state index is 0.101. The van der Waals surface area contributed by atoms with E-state index in [-0.39, 0.29) is 10.8 Å². The molecule has 4 aliphatic rings. The van der Waals surface area contributed by atoms with Crippen LogP contribution in [0.3, 0.4) is 0 Å². The molecule has 2 heterocycles. The zero-order valence-electron chi connectivity index (χ0n) is 40.4. The summed E-state index contributed by atoms with van der Waals surface area (Å²) in [7, 11) is 4.47. The van der Waals surface area contributed by atoms with Crippen LogP contribution >= 0.6 is 0 Å². The lowest BCUT2D eigenvalue weighted by molar-refractivity contribution is 0.660. The van der Waals surface area contributed by atoms with Crippen molar-refractivity contribution in [2.45, 2.75) is 38.5 Å². The van der Waals surface area contributed by atoms with E-state index in [1.54, 1.807) is 0 Å². The fourth-order valence-corrected chi connectivity index (χ4v) is 12.8. The number of benzene rings is 10. The third kappa shape index (κ3) is 5.59. The van der Waals surface area contributed by atoms with Crippen LogP contribution in [0.25, 0.3) is 55.3 Å². The molecule has 0 fully saturated rings. The van der Waals surface area contributed by atoms with E-state index in [1.807, 2.05) is 0 Å². The van der Waals surface area contributed by atoms with Gasteiger partial charge in [0.2, 0.25) is 0 Å². The van der Waals surface area contributed by atoms with Gasteiger partial charge >= 0.3 is 0 Å². The molecule has 0 unspecified atom stereocenters. The smallest absolute Gasteiger partial charge is 0.0509 e. The standard InChI is InChI=1S/C66H52N4/c1-65(2)55-23-15-13-21-47(55)49-29-25-43(37-57(49)65)69(41-17-9-7-10-18-41)45-27-31-51-53-33-34-54-52-32-28-46(40-62(52)68(6)60-36-35-59(63(53)64(54)60)67(5)61(51)39-45)70(42-19-11-8-12-20-42)44-26-30-50-48-22-14-16-24-56(48)66(3,4)58(50)38-44/h7-40H,1-6H3. The molecule has 0 saturated carbocycles. The lowest BCUT2D eigenvalue weighted by Gasteiger charge is -2.37. The number of nitrogens with zero attached hydrogens (tertiary/aromatic N) is 4. The fraction of sp³-hybridized carbons (Fsp3) is 0.121. The van der Waals surface area contributed by atoms with Crippen molar-refractivity contribution in [1.29, 1.82) is 0 Å². The van der Waals surface area contributed by atoms with Crippen LogP contribution < -0.4 is 19.6 Å². The van der Waals surface area contributed by atoms with Gasteiger partial charge in [-0.25, -0.2) is 0 Å². The molecule has 70 heavy (non-hydrogen) atoms. The third-order valence-electron chi connectivity index (χ3n) is 16.3. The van der Waals surface area contributed by atoms with Crippen LogP contribution in [-0.4, -0.2) is 14.1 Å². The van der Waals surface area contributed by atoms with E-state index in [0.717, 1.165) is 34.1 Å². The molecule has 336 valence electrons. The van der Waals surface area contributed by atoms with Gasteiger partial charge in [0.05, 0.1) is 11.4 Å². The molecule has 2 aliphatic heterocycles. The summed E-state index contributed by atoms with van der Waals surface area (Å²) in [5.41, 5.74) is 27.3. The number of anilines is 10. The summed E-state index contributed by atoms with van der Waals surface area (Å²) in [6, 6.07) is 77.0. The van der Waals surface area contributed by atoms with Crippen molar-refractivity contribution < 1.29 is 0 Å². The van der Waals surface area contributed by atoms with Crippen molar-refractivity contribution in [2.24, 2.45) is 0 Å². The summed E-state index contributed by atoms with van der Waals surface area (Å²) >= 11 is 0. The van der Waals surface area contributed by atoms with Gasteiger partial charge in [-0.3, -0.25) is 0 Å². The van der Waals surface area contributed by atoms with Crippen LogP contribution in [0.2, 0.25) is 0 Å². The molecule has 10 aromatic carbocycles. The van der Waals surface area contributed by atoms with Gasteiger partial charge in [0.25, 0.3) is 0 Å². The van der Waals surface area contributed by atoms with E-state index >= 15 is 0 Å². The Balaban J connectivity index is 0.868. The highest BCUT2D eigenvalue weighted by atomic mass is 15.2. The van der Waals surface area contributed by atoms with Crippen LogP contribution in [-0.2, 0) is 10.8 Å². The van der Waals surface area contributed by atoms with Crippen LogP contribution in [0, 0.1) is 0 Å². The monoisotopic (exact) mass is 900 g/mol. The summed E-state index contributed by atoms with van der Waals surface area (Å²) < 4.78 is 0. The number of hydrogen-bond donors (Lipinski definition) is 0. The second-order valence-electron chi connectivity index (χ2n) is 20.7. The Hall–Kier alpha value is -8.34. The van der Waals surface area contributed by atoms with E-state index in [0.29, 0.717) is 0 Å². The van der Waals surface area contributed by atoms with Gasteiger partial charge in [-0.05, 0) is 141 Å². The molecule has 4 heteroatoms. The summed E-state index contributed by atoms with van der Waals surface area (Å²) in [6.07, 6.45) is 0. The highest BCUT2D eigenvalue weighted by molar-refractivity contribution is 6.23. The van der Waals surface area contributed by atoms with Crippen molar-refractivity contribution in [1.82, 2.24) is 0 Å². The number of para-hydroxylation sites is 2. The normalized spacial score (nSPS) is 14.6. The molecule has 0 aromatic heterocycles. The molecule has 0 saturated heterocycles. The highest BCUT2D eigenvalue weighted by Gasteiger charge is 2.38. The van der Waals surface area contributed by atoms with Crippen LogP contribution in [0.15, 0.2) is 206 Å². The van der Waals surface area contributed by atoms with Gasteiger partial charge < -0.3 is 19.6 Å². The zero-order chi connectivity index (χ0) is 47.2. The van der Waals surface area contributed by atoms with E-state index < -0.39 is 0 Å². The van der Waals surface area contributed by atoms with Gasteiger partial charge in [-0.1, -0.05) is 149 Å². The van der Waals surface area contributed by atoms with E-state index in [2.05, 4.69) is 268 Å². The Kier molecular flexibility index (Phi) is 8.48. The average molecular weight is 901 g/mol. The summed E-state index contributed by atoms with van der Waals surface area (Å²) in [5.74, 6) is 0. The van der Waals surface area contributed by atoms with E-state index in [9.17, 15) is 0 Å². The first-order valence-corrected chi connectivity index (χ1v) is 24.6. The maximum atomic E-state index is 2.42. The SMILES string of the molecule is CN1c2cc(N(c3ccccc3)c3ccc4c(c3)C(C)(C)c3ccccc3-4)ccc2-c2ccc3c4c(ccc1c24)N(C)c1cc(N(c2ccccc2)c2ccc4c(c2)C(C)(C)c2ccccc2-4)ccc1-3. The van der Waals surface area contributed by atoms with Gasteiger partial charge in [0.1, 0.15) is 0 Å². The molecule has 4 nitrogen and oxygen atoms in total. The molecule has 0 atom stereocenters. The van der Waals surface area contributed by atoms with Crippen molar-refractivity contribution in [2.75, 3.05) is 33.7 Å².